The fourth-order valence-corrected chi connectivity index (χ4v) is 4.07. The number of amides is 1. The number of guanidine groups is 1. The summed E-state index contributed by atoms with van der Waals surface area (Å²) in [5, 5.41) is 9.71. The predicted octanol–water partition coefficient (Wildman–Crippen LogP) is 4.06. The van der Waals surface area contributed by atoms with Crippen molar-refractivity contribution in [1.82, 2.24) is 10.6 Å². The van der Waals surface area contributed by atoms with Crippen LogP contribution in [0.25, 0.3) is 0 Å². The molecule has 162 valence electrons. The third-order valence-electron chi connectivity index (χ3n) is 5.66. The average Bonchev–Trinajstić information content (AvgIpc) is 3.42. The second kappa shape index (κ2) is 13.1. The molecular weight excluding hydrogens is 479 g/mol. The maximum Gasteiger partial charge on any atom is 0.253 e. The number of halogens is 1. The molecule has 1 aliphatic heterocycles. The molecule has 1 amide bonds. The van der Waals surface area contributed by atoms with Gasteiger partial charge in [-0.15, -0.1) is 24.0 Å². The standard InChI is InChI=1S/C22H34N4O2.HI/c1-23-22(24-13-5-10-17-7-2-3-8-17)25-16-18-9-4-11-19(15-18)26-21(27)20-12-6-14-28-20;/h4,9,11,15,17,20H,2-3,5-8,10,12-14,16H2,1H3,(H,26,27)(H2,23,24,25);1H. The summed E-state index contributed by atoms with van der Waals surface area (Å²) < 4.78 is 5.44. The van der Waals surface area contributed by atoms with E-state index in [0.29, 0.717) is 13.2 Å². The number of carbonyl (C=O) groups excluding carboxylic acids is 1. The smallest absolute Gasteiger partial charge is 0.253 e. The van der Waals surface area contributed by atoms with Gasteiger partial charge in [0.15, 0.2) is 5.96 Å². The average molecular weight is 514 g/mol. The highest BCUT2D eigenvalue weighted by Crippen LogP contribution is 2.28. The summed E-state index contributed by atoms with van der Waals surface area (Å²) in [7, 11) is 1.80. The quantitative estimate of drug-likeness (QED) is 0.212. The molecule has 0 spiro atoms. The summed E-state index contributed by atoms with van der Waals surface area (Å²) in [6.45, 7) is 2.29. The van der Waals surface area contributed by atoms with E-state index in [0.717, 1.165) is 42.5 Å². The zero-order valence-electron chi connectivity index (χ0n) is 17.4. The van der Waals surface area contributed by atoms with E-state index in [2.05, 4.69) is 20.9 Å². The maximum atomic E-state index is 12.2. The van der Waals surface area contributed by atoms with Crippen molar-refractivity contribution in [3.63, 3.8) is 0 Å². The minimum atomic E-state index is -0.311. The molecule has 2 aliphatic rings. The number of nitrogens with one attached hydrogen (secondary N) is 3. The number of carbonyl (C=O) groups is 1. The Hall–Kier alpha value is -1.35. The van der Waals surface area contributed by atoms with Gasteiger partial charge in [0, 0.05) is 32.4 Å². The minimum Gasteiger partial charge on any atom is -0.368 e. The fraction of sp³-hybridized carbons (Fsp3) is 0.636. The Labute approximate surface area is 191 Å². The molecule has 1 unspecified atom stereocenters. The second-order valence-corrected chi connectivity index (χ2v) is 7.84. The zero-order valence-corrected chi connectivity index (χ0v) is 19.7. The Balaban J connectivity index is 0.00000300. The van der Waals surface area contributed by atoms with E-state index < -0.39 is 0 Å². The van der Waals surface area contributed by atoms with Gasteiger partial charge in [0.1, 0.15) is 6.10 Å². The number of hydrogen-bond acceptors (Lipinski definition) is 3. The number of rotatable bonds is 8. The fourth-order valence-electron chi connectivity index (χ4n) is 4.07. The first kappa shape index (κ1) is 23.9. The summed E-state index contributed by atoms with van der Waals surface area (Å²) in [6.07, 6.45) is 9.59. The first-order valence-electron chi connectivity index (χ1n) is 10.7. The Bertz CT molecular complexity index is 656. The van der Waals surface area contributed by atoms with E-state index in [4.69, 9.17) is 4.74 Å². The van der Waals surface area contributed by atoms with Crippen molar-refractivity contribution in [3.05, 3.63) is 29.8 Å². The Morgan fingerprint density at radius 1 is 1.17 bits per heavy atom. The van der Waals surface area contributed by atoms with Crippen molar-refractivity contribution in [1.29, 1.82) is 0 Å². The third kappa shape index (κ3) is 8.12. The molecular formula is C22H35IN4O2. The molecule has 3 N–H and O–H groups in total. The van der Waals surface area contributed by atoms with Crippen LogP contribution < -0.4 is 16.0 Å². The number of benzene rings is 1. The highest BCUT2D eigenvalue weighted by Gasteiger charge is 2.23. The molecule has 7 heteroatoms. The van der Waals surface area contributed by atoms with E-state index >= 15 is 0 Å². The molecule has 1 aromatic rings. The molecule has 0 radical (unpaired) electrons. The topological polar surface area (TPSA) is 74.8 Å². The highest BCUT2D eigenvalue weighted by molar-refractivity contribution is 14.0. The molecule has 1 aromatic carbocycles. The summed E-state index contributed by atoms with van der Waals surface area (Å²) in [4.78, 5) is 16.5. The third-order valence-corrected chi connectivity index (χ3v) is 5.66. The Morgan fingerprint density at radius 2 is 2.00 bits per heavy atom. The second-order valence-electron chi connectivity index (χ2n) is 7.84. The molecule has 0 aromatic heterocycles. The lowest BCUT2D eigenvalue weighted by Crippen LogP contribution is -2.37. The molecule has 2 fully saturated rings. The van der Waals surface area contributed by atoms with Crippen LogP contribution in [0, 0.1) is 5.92 Å². The maximum absolute atomic E-state index is 12.2. The van der Waals surface area contributed by atoms with Crippen molar-refractivity contribution >= 4 is 41.5 Å². The van der Waals surface area contributed by atoms with Crippen LogP contribution in [0.2, 0.25) is 0 Å². The first-order valence-corrected chi connectivity index (χ1v) is 10.7. The van der Waals surface area contributed by atoms with Crippen LogP contribution in [0.3, 0.4) is 0 Å². The van der Waals surface area contributed by atoms with Gasteiger partial charge in [-0.05, 0) is 49.3 Å². The summed E-state index contributed by atoms with van der Waals surface area (Å²) in [5.41, 5.74) is 1.90. The Kier molecular flexibility index (Phi) is 10.8. The molecule has 3 rings (SSSR count). The van der Waals surface area contributed by atoms with Crippen LogP contribution in [-0.4, -0.2) is 38.2 Å². The molecule has 1 saturated carbocycles. The van der Waals surface area contributed by atoms with Gasteiger partial charge in [-0.3, -0.25) is 9.79 Å². The largest absolute Gasteiger partial charge is 0.368 e. The van der Waals surface area contributed by atoms with Crippen LogP contribution in [0.1, 0.15) is 56.9 Å². The lowest BCUT2D eigenvalue weighted by molar-refractivity contribution is -0.124. The van der Waals surface area contributed by atoms with E-state index in [1.807, 2.05) is 24.3 Å². The van der Waals surface area contributed by atoms with E-state index in [9.17, 15) is 4.79 Å². The summed E-state index contributed by atoms with van der Waals surface area (Å²) in [5.74, 6) is 1.70. The molecule has 1 aliphatic carbocycles. The molecule has 1 atom stereocenters. The number of aliphatic imine (C=N–C) groups is 1. The highest BCUT2D eigenvalue weighted by atomic mass is 127. The normalized spacial score (nSPS) is 19.6. The molecule has 6 nitrogen and oxygen atoms in total. The monoisotopic (exact) mass is 514 g/mol. The zero-order chi connectivity index (χ0) is 19.6. The van der Waals surface area contributed by atoms with Crippen LogP contribution in [0.5, 0.6) is 0 Å². The molecule has 1 heterocycles. The predicted molar refractivity (Wildman–Crippen MR) is 129 cm³/mol. The van der Waals surface area contributed by atoms with Gasteiger partial charge in [0.05, 0.1) is 0 Å². The van der Waals surface area contributed by atoms with Gasteiger partial charge >= 0.3 is 0 Å². The van der Waals surface area contributed by atoms with Crippen molar-refractivity contribution < 1.29 is 9.53 Å². The lowest BCUT2D eigenvalue weighted by atomic mass is 10.0. The van der Waals surface area contributed by atoms with Crippen molar-refractivity contribution in [2.75, 3.05) is 25.5 Å². The van der Waals surface area contributed by atoms with Crippen molar-refractivity contribution in [2.45, 2.75) is 64.0 Å². The number of anilines is 1. The van der Waals surface area contributed by atoms with Crippen molar-refractivity contribution in [2.24, 2.45) is 10.9 Å². The van der Waals surface area contributed by atoms with Gasteiger partial charge in [0.25, 0.3) is 5.91 Å². The molecule has 29 heavy (non-hydrogen) atoms. The Morgan fingerprint density at radius 3 is 2.72 bits per heavy atom. The van der Waals surface area contributed by atoms with Crippen LogP contribution >= 0.6 is 24.0 Å². The van der Waals surface area contributed by atoms with Gasteiger partial charge in [-0.25, -0.2) is 0 Å². The van der Waals surface area contributed by atoms with Gasteiger partial charge in [-0.2, -0.15) is 0 Å². The van der Waals surface area contributed by atoms with E-state index in [-0.39, 0.29) is 36.0 Å². The van der Waals surface area contributed by atoms with E-state index in [1.165, 1.54) is 38.5 Å². The SMILES string of the molecule is CN=C(NCCCC1CCCC1)NCc1cccc(NC(=O)C2CCCO2)c1.I. The summed E-state index contributed by atoms with van der Waals surface area (Å²) in [6, 6.07) is 7.90. The number of hydrogen-bond donors (Lipinski definition) is 3. The van der Waals surface area contributed by atoms with Gasteiger partial charge < -0.3 is 20.7 Å². The van der Waals surface area contributed by atoms with Crippen LogP contribution in [0.4, 0.5) is 5.69 Å². The minimum absolute atomic E-state index is 0. The number of nitrogens with zero attached hydrogens (tertiary/aromatic N) is 1. The molecule has 0 bridgehead atoms. The molecule has 1 saturated heterocycles. The van der Waals surface area contributed by atoms with Crippen LogP contribution in [-0.2, 0) is 16.1 Å². The van der Waals surface area contributed by atoms with Crippen LogP contribution in [0.15, 0.2) is 29.3 Å². The van der Waals surface area contributed by atoms with Gasteiger partial charge in [-0.1, -0.05) is 37.8 Å². The summed E-state index contributed by atoms with van der Waals surface area (Å²) >= 11 is 0. The van der Waals surface area contributed by atoms with Crippen molar-refractivity contribution in [3.8, 4) is 0 Å². The van der Waals surface area contributed by atoms with E-state index in [1.54, 1.807) is 7.05 Å². The van der Waals surface area contributed by atoms with Gasteiger partial charge in [0.2, 0.25) is 0 Å². The lowest BCUT2D eigenvalue weighted by Gasteiger charge is -2.14. The number of ether oxygens (including phenoxy) is 1. The first-order chi connectivity index (χ1) is 13.7.